The van der Waals surface area contributed by atoms with Crippen molar-refractivity contribution in [3.05, 3.63) is 76.9 Å². The molecule has 1 aliphatic rings. The Kier molecular flexibility index (Phi) is 2.98. The molecule has 0 aromatic heterocycles. The number of carboxylic acids is 1. The molecule has 0 saturated carbocycles. The Morgan fingerprint density at radius 2 is 2.00 bits per heavy atom. The van der Waals surface area contributed by atoms with Crippen LogP contribution in [0.1, 0.15) is 42.1 Å². The molecule has 3 heteroatoms. The Morgan fingerprint density at radius 3 is 2.79 bits per heavy atom. The number of rotatable bonds is 3. The number of benzene rings is 3. The van der Waals surface area contributed by atoms with Crippen LogP contribution in [0.3, 0.4) is 0 Å². The third-order valence-electron chi connectivity index (χ3n) is 4.65. The molecule has 1 aliphatic carbocycles. The standard InChI is InChI=1S/C21H18O3/c1-24-15-8-11-17-14(12-15)7-10-19(20(17)21(22)23)18-9-6-13-4-2-3-5-16(13)18/h2-5,7-8,10-12,18H,6,9H2,1H3,(H,22,23)/i9D2. The molecule has 0 heterocycles. The number of carbonyl (C=O) groups is 1. The van der Waals surface area contributed by atoms with E-state index in [4.69, 9.17) is 7.48 Å². The van der Waals surface area contributed by atoms with E-state index >= 15 is 0 Å². The molecule has 0 spiro atoms. The second kappa shape index (κ2) is 5.68. The van der Waals surface area contributed by atoms with Crippen molar-refractivity contribution in [2.24, 2.45) is 0 Å². The normalized spacial score (nSPS) is 19.5. The fourth-order valence-electron chi connectivity index (χ4n) is 3.51. The summed E-state index contributed by atoms with van der Waals surface area (Å²) in [5, 5.41) is 11.3. The van der Waals surface area contributed by atoms with Crippen molar-refractivity contribution in [2.75, 3.05) is 7.11 Å². The summed E-state index contributed by atoms with van der Waals surface area (Å²) in [6.45, 7) is 0. The largest absolute Gasteiger partial charge is 0.497 e. The zero-order valence-corrected chi connectivity index (χ0v) is 13.2. The Balaban J connectivity index is 2.00. The molecule has 1 unspecified atom stereocenters. The second-order valence-corrected chi connectivity index (χ2v) is 5.93. The molecule has 24 heavy (non-hydrogen) atoms. The van der Waals surface area contributed by atoms with E-state index in [2.05, 4.69) is 0 Å². The lowest BCUT2D eigenvalue weighted by Gasteiger charge is -2.17. The topological polar surface area (TPSA) is 46.5 Å². The quantitative estimate of drug-likeness (QED) is 0.765. The van der Waals surface area contributed by atoms with E-state index in [1.54, 1.807) is 31.4 Å². The molecule has 3 nitrogen and oxygen atoms in total. The minimum absolute atomic E-state index is 0.163. The first-order valence-electron chi connectivity index (χ1n) is 8.84. The lowest BCUT2D eigenvalue weighted by atomic mass is 9.87. The number of carboxylic acid groups (broad SMARTS) is 1. The minimum Gasteiger partial charge on any atom is -0.497 e. The van der Waals surface area contributed by atoms with E-state index in [-0.39, 0.29) is 12.0 Å². The summed E-state index contributed by atoms with van der Waals surface area (Å²) in [6, 6.07) is 16.4. The molecule has 0 amide bonds. The van der Waals surface area contributed by atoms with E-state index < -0.39 is 18.3 Å². The van der Waals surface area contributed by atoms with Gasteiger partial charge in [-0.15, -0.1) is 0 Å². The number of aryl methyl sites for hydroxylation is 1. The molecule has 3 aromatic rings. The highest BCUT2D eigenvalue weighted by molar-refractivity contribution is 6.05. The Morgan fingerprint density at radius 1 is 1.17 bits per heavy atom. The van der Waals surface area contributed by atoms with Gasteiger partial charge in [0, 0.05) is 8.66 Å². The SMILES string of the molecule is [2H]C1([2H])Cc2ccccc2C1c1ccc2cc(OC)ccc2c1C(=O)O. The van der Waals surface area contributed by atoms with Crippen LogP contribution in [0.4, 0.5) is 0 Å². The van der Waals surface area contributed by atoms with Crippen molar-refractivity contribution in [1.29, 1.82) is 0 Å². The van der Waals surface area contributed by atoms with Gasteiger partial charge in [-0.2, -0.15) is 0 Å². The van der Waals surface area contributed by atoms with Crippen LogP contribution in [0.25, 0.3) is 10.8 Å². The van der Waals surface area contributed by atoms with E-state index in [1.165, 1.54) is 0 Å². The average Bonchev–Trinajstić information content (AvgIpc) is 2.89. The lowest BCUT2D eigenvalue weighted by molar-refractivity contribution is 0.0697. The van der Waals surface area contributed by atoms with Crippen LogP contribution in [0.5, 0.6) is 5.75 Å². The Bertz CT molecular complexity index is 1030. The van der Waals surface area contributed by atoms with Crippen LogP contribution in [-0.4, -0.2) is 18.2 Å². The summed E-state index contributed by atoms with van der Waals surface area (Å²) < 4.78 is 22.3. The first-order valence-corrected chi connectivity index (χ1v) is 7.84. The maximum absolute atomic E-state index is 12.1. The third kappa shape index (κ3) is 2.24. The van der Waals surface area contributed by atoms with Gasteiger partial charge in [0.1, 0.15) is 5.75 Å². The van der Waals surface area contributed by atoms with Crippen LogP contribution in [0, 0.1) is 0 Å². The summed E-state index contributed by atoms with van der Waals surface area (Å²) in [5.41, 5.74) is 2.49. The summed E-state index contributed by atoms with van der Waals surface area (Å²) in [6.07, 6.45) is -1.25. The fourth-order valence-corrected chi connectivity index (χ4v) is 3.51. The number of hydrogen-bond acceptors (Lipinski definition) is 2. The molecule has 3 aromatic carbocycles. The van der Waals surface area contributed by atoms with Gasteiger partial charge in [-0.25, -0.2) is 4.79 Å². The van der Waals surface area contributed by atoms with Crippen molar-refractivity contribution < 1.29 is 17.4 Å². The monoisotopic (exact) mass is 320 g/mol. The van der Waals surface area contributed by atoms with Gasteiger partial charge in [0.25, 0.3) is 0 Å². The highest BCUT2D eigenvalue weighted by atomic mass is 16.5. The van der Waals surface area contributed by atoms with Crippen molar-refractivity contribution in [3.63, 3.8) is 0 Å². The molecule has 0 bridgehead atoms. The van der Waals surface area contributed by atoms with Gasteiger partial charge in [-0.05, 0) is 58.5 Å². The smallest absolute Gasteiger partial charge is 0.336 e. The van der Waals surface area contributed by atoms with Crippen LogP contribution < -0.4 is 4.74 Å². The van der Waals surface area contributed by atoms with Gasteiger partial charge in [-0.1, -0.05) is 36.4 Å². The van der Waals surface area contributed by atoms with Crippen LogP contribution in [-0.2, 0) is 6.42 Å². The second-order valence-electron chi connectivity index (χ2n) is 5.93. The van der Waals surface area contributed by atoms with E-state index in [9.17, 15) is 9.90 Å². The van der Waals surface area contributed by atoms with Crippen molar-refractivity contribution in [2.45, 2.75) is 18.7 Å². The summed E-state index contributed by atoms with van der Waals surface area (Å²) in [5.74, 6) is -0.990. The average molecular weight is 320 g/mol. The molecule has 0 saturated heterocycles. The Labute approximate surface area is 143 Å². The maximum Gasteiger partial charge on any atom is 0.336 e. The number of methoxy groups -OCH3 is 1. The molecule has 1 atom stereocenters. The number of fused-ring (bicyclic) bond motifs is 2. The summed E-state index contributed by atoms with van der Waals surface area (Å²) in [4.78, 5) is 12.1. The highest BCUT2D eigenvalue weighted by Gasteiger charge is 2.28. The number of hydrogen-bond donors (Lipinski definition) is 1. The van der Waals surface area contributed by atoms with Crippen molar-refractivity contribution in [3.8, 4) is 5.75 Å². The third-order valence-corrected chi connectivity index (χ3v) is 4.65. The fraction of sp³-hybridized carbons (Fsp3) is 0.190. The van der Waals surface area contributed by atoms with E-state index in [1.807, 2.05) is 30.3 Å². The summed E-state index contributed by atoms with van der Waals surface area (Å²) in [7, 11) is 1.57. The highest BCUT2D eigenvalue weighted by Crippen LogP contribution is 2.41. The van der Waals surface area contributed by atoms with Gasteiger partial charge in [0.2, 0.25) is 0 Å². The van der Waals surface area contributed by atoms with Gasteiger partial charge in [0.05, 0.1) is 12.7 Å². The van der Waals surface area contributed by atoms with Crippen LogP contribution in [0.2, 0.25) is 0 Å². The molecule has 1 N–H and O–H groups in total. The molecular formula is C21H18O3. The van der Waals surface area contributed by atoms with Gasteiger partial charge in [-0.3, -0.25) is 0 Å². The molecule has 120 valence electrons. The number of aromatic carboxylic acids is 1. The molecule has 0 aliphatic heterocycles. The van der Waals surface area contributed by atoms with E-state index in [0.717, 1.165) is 16.5 Å². The lowest BCUT2D eigenvalue weighted by Crippen LogP contribution is -2.08. The Hall–Kier alpha value is -2.81. The van der Waals surface area contributed by atoms with Gasteiger partial charge in [0.15, 0.2) is 0 Å². The van der Waals surface area contributed by atoms with Crippen LogP contribution >= 0.6 is 0 Å². The number of ether oxygens (including phenoxy) is 1. The van der Waals surface area contributed by atoms with Crippen molar-refractivity contribution in [1.82, 2.24) is 0 Å². The molecule has 4 rings (SSSR count). The maximum atomic E-state index is 12.1. The van der Waals surface area contributed by atoms with E-state index in [0.29, 0.717) is 16.7 Å². The van der Waals surface area contributed by atoms with Gasteiger partial charge >= 0.3 is 5.97 Å². The van der Waals surface area contributed by atoms with Crippen LogP contribution in [0.15, 0.2) is 54.6 Å². The zero-order chi connectivity index (χ0) is 18.5. The predicted octanol–water partition coefficient (Wildman–Crippen LogP) is 4.62. The van der Waals surface area contributed by atoms with Gasteiger partial charge < -0.3 is 9.84 Å². The predicted molar refractivity (Wildman–Crippen MR) is 94.1 cm³/mol. The molecule has 0 fully saturated rings. The molecular weight excluding hydrogens is 300 g/mol. The summed E-state index contributed by atoms with van der Waals surface area (Å²) >= 11 is 0. The zero-order valence-electron chi connectivity index (χ0n) is 15.2. The van der Waals surface area contributed by atoms with Crippen molar-refractivity contribution >= 4 is 16.7 Å². The first kappa shape index (κ1) is 12.6. The first-order chi connectivity index (χ1) is 12.4. The minimum atomic E-state index is -1.53. The molecule has 0 radical (unpaired) electrons.